The van der Waals surface area contributed by atoms with Crippen LogP contribution in [0.1, 0.15) is 12.8 Å². The molecule has 0 atom stereocenters. The van der Waals surface area contributed by atoms with Crippen molar-refractivity contribution in [1.29, 1.82) is 0 Å². The summed E-state index contributed by atoms with van der Waals surface area (Å²) in [6.07, 6.45) is 2.54. The van der Waals surface area contributed by atoms with Gasteiger partial charge in [0.15, 0.2) is 0 Å². The van der Waals surface area contributed by atoms with Crippen molar-refractivity contribution in [2.75, 3.05) is 25.0 Å². The van der Waals surface area contributed by atoms with Crippen LogP contribution in [0.25, 0.3) is 0 Å². The number of anilines is 1. The standard InChI is InChI=1S/C11H15ClN6O3/c12-11-14-5-8(18(20)21)10(16-11)15-7-1-3-17(4-2-7)6-9(13)19/h5,7H,1-4,6H2,(H2,13,19)(H,14,15,16). The molecular formula is C11H15ClN6O3. The monoisotopic (exact) mass is 314 g/mol. The first-order valence-electron chi connectivity index (χ1n) is 6.40. The van der Waals surface area contributed by atoms with Crippen LogP contribution in [0.2, 0.25) is 5.28 Å². The molecule has 0 unspecified atom stereocenters. The van der Waals surface area contributed by atoms with Crippen LogP contribution in [-0.2, 0) is 4.79 Å². The molecule has 0 spiro atoms. The number of likely N-dealkylation sites (tertiary alicyclic amines) is 1. The van der Waals surface area contributed by atoms with Crippen molar-refractivity contribution < 1.29 is 9.72 Å². The Morgan fingerprint density at radius 1 is 1.57 bits per heavy atom. The SMILES string of the molecule is NC(=O)CN1CCC(Nc2nc(Cl)ncc2[N+](=O)[O-])CC1. The quantitative estimate of drug-likeness (QED) is 0.457. The van der Waals surface area contributed by atoms with Crippen molar-refractivity contribution in [1.82, 2.24) is 14.9 Å². The molecule has 0 saturated carbocycles. The van der Waals surface area contributed by atoms with Crippen LogP contribution in [0.5, 0.6) is 0 Å². The molecule has 10 heteroatoms. The highest BCUT2D eigenvalue weighted by atomic mass is 35.5. The molecule has 1 fully saturated rings. The third-order valence-electron chi connectivity index (χ3n) is 3.24. The zero-order valence-corrected chi connectivity index (χ0v) is 11.9. The second kappa shape index (κ2) is 6.64. The van der Waals surface area contributed by atoms with Crippen molar-refractivity contribution >= 4 is 29.0 Å². The van der Waals surface area contributed by atoms with E-state index in [-0.39, 0.29) is 35.3 Å². The number of nitrogens with zero attached hydrogens (tertiary/aromatic N) is 4. The van der Waals surface area contributed by atoms with Gasteiger partial charge >= 0.3 is 5.69 Å². The molecule has 114 valence electrons. The highest BCUT2D eigenvalue weighted by molar-refractivity contribution is 6.28. The fraction of sp³-hybridized carbons (Fsp3) is 0.545. The molecule has 2 heterocycles. The van der Waals surface area contributed by atoms with Crippen molar-refractivity contribution in [2.24, 2.45) is 5.73 Å². The predicted molar refractivity (Wildman–Crippen MR) is 76.0 cm³/mol. The zero-order valence-electron chi connectivity index (χ0n) is 11.2. The maximum absolute atomic E-state index is 10.9. The average molecular weight is 315 g/mol. The van der Waals surface area contributed by atoms with Crippen LogP contribution in [0.4, 0.5) is 11.5 Å². The fourth-order valence-electron chi connectivity index (χ4n) is 2.24. The number of piperidine rings is 1. The summed E-state index contributed by atoms with van der Waals surface area (Å²) in [7, 11) is 0. The van der Waals surface area contributed by atoms with E-state index in [1.165, 1.54) is 0 Å². The third-order valence-corrected chi connectivity index (χ3v) is 3.43. The Morgan fingerprint density at radius 2 is 2.24 bits per heavy atom. The number of nitrogens with two attached hydrogens (primary N) is 1. The first-order valence-corrected chi connectivity index (χ1v) is 6.77. The van der Waals surface area contributed by atoms with E-state index >= 15 is 0 Å². The number of nitro groups is 1. The number of hydrogen-bond donors (Lipinski definition) is 2. The number of rotatable bonds is 5. The Balaban J connectivity index is 1.99. The van der Waals surface area contributed by atoms with Gasteiger partial charge in [-0.2, -0.15) is 4.98 Å². The van der Waals surface area contributed by atoms with Crippen molar-refractivity contribution in [3.05, 3.63) is 21.6 Å². The normalized spacial score (nSPS) is 16.6. The number of nitrogens with one attached hydrogen (secondary N) is 1. The molecule has 0 aromatic carbocycles. The van der Waals surface area contributed by atoms with Gasteiger partial charge in [-0.05, 0) is 24.4 Å². The van der Waals surface area contributed by atoms with Gasteiger partial charge in [0.1, 0.15) is 6.20 Å². The van der Waals surface area contributed by atoms with Crippen molar-refractivity contribution in [2.45, 2.75) is 18.9 Å². The van der Waals surface area contributed by atoms with Crippen LogP contribution in [0.15, 0.2) is 6.20 Å². The predicted octanol–water partition coefficient (Wildman–Crippen LogP) is 0.400. The van der Waals surface area contributed by atoms with E-state index in [0.717, 1.165) is 19.0 Å². The number of primary amides is 1. The lowest BCUT2D eigenvalue weighted by Gasteiger charge is -2.31. The summed E-state index contributed by atoms with van der Waals surface area (Å²) in [6.45, 7) is 1.60. The summed E-state index contributed by atoms with van der Waals surface area (Å²) in [5.74, 6) is -0.243. The molecule has 1 aromatic rings. The molecule has 0 bridgehead atoms. The minimum atomic E-state index is -0.555. The molecule has 1 aliphatic heterocycles. The number of carbonyl (C=O) groups is 1. The summed E-state index contributed by atoms with van der Waals surface area (Å²) >= 11 is 5.68. The van der Waals surface area contributed by atoms with Gasteiger partial charge in [0, 0.05) is 19.1 Å². The van der Waals surface area contributed by atoms with Gasteiger partial charge in [-0.25, -0.2) is 4.98 Å². The molecule has 2 rings (SSSR count). The first kappa shape index (κ1) is 15.4. The number of amides is 1. The molecule has 1 saturated heterocycles. The number of carbonyl (C=O) groups excluding carboxylic acids is 1. The third kappa shape index (κ3) is 4.23. The summed E-state index contributed by atoms with van der Waals surface area (Å²) in [5.41, 5.74) is 4.94. The Labute approximate surface area is 125 Å². The smallest absolute Gasteiger partial charge is 0.329 e. The Hall–Kier alpha value is -2.00. The van der Waals surface area contributed by atoms with E-state index < -0.39 is 4.92 Å². The topological polar surface area (TPSA) is 127 Å². The number of aromatic nitrogens is 2. The Kier molecular flexibility index (Phi) is 4.86. The van der Waals surface area contributed by atoms with Gasteiger partial charge in [-0.1, -0.05) is 0 Å². The lowest BCUT2D eigenvalue weighted by molar-refractivity contribution is -0.384. The van der Waals surface area contributed by atoms with Crippen LogP contribution in [0.3, 0.4) is 0 Å². The van der Waals surface area contributed by atoms with Crippen molar-refractivity contribution in [3.8, 4) is 0 Å². The Morgan fingerprint density at radius 3 is 2.81 bits per heavy atom. The number of halogens is 1. The number of hydrogen-bond acceptors (Lipinski definition) is 7. The summed E-state index contributed by atoms with van der Waals surface area (Å²) in [5, 5.41) is 13.9. The van der Waals surface area contributed by atoms with E-state index in [0.29, 0.717) is 13.1 Å². The van der Waals surface area contributed by atoms with Crippen molar-refractivity contribution in [3.63, 3.8) is 0 Å². The maximum atomic E-state index is 10.9. The fourth-order valence-corrected chi connectivity index (χ4v) is 2.38. The minimum absolute atomic E-state index is 0.0267. The second-order valence-electron chi connectivity index (χ2n) is 4.79. The highest BCUT2D eigenvalue weighted by Crippen LogP contribution is 2.24. The van der Waals surface area contributed by atoms with Gasteiger partial charge in [0.05, 0.1) is 11.5 Å². The van der Waals surface area contributed by atoms with E-state index in [2.05, 4.69) is 15.3 Å². The van der Waals surface area contributed by atoms with Crippen LogP contribution in [0, 0.1) is 10.1 Å². The van der Waals surface area contributed by atoms with E-state index in [4.69, 9.17) is 17.3 Å². The summed E-state index contributed by atoms with van der Waals surface area (Å²) in [4.78, 5) is 30.7. The summed E-state index contributed by atoms with van der Waals surface area (Å²) < 4.78 is 0. The van der Waals surface area contributed by atoms with Gasteiger partial charge < -0.3 is 11.1 Å². The highest BCUT2D eigenvalue weighted by Gasteiger charge is 2.24. The molecule has 0 radical (unpaired) electrons. The molecule has 21 heavy (non-hydrogen) atoms. The molecule has 1 aliphatic rings. The second-order valence-corrected chi connectivity index (χ2v) is 5.13. The maximum Gasteiger partial charge on any atom is 0.329 e. The van der Waals surface area contributed by atoms with Gasteiger partial charge in [0.25, 0.3) is 0 Å². The largest absolute Gasteiger partial charge is 0.369 e. The van der Waals surface area contributed by atoms with E-state index in [9.17, 15) is 14.9 Å². The molecule has 1 amide bonds. The van der Waals surface area contributed by atoms with E-state index in [1.807, 2.05) is 4.90 Å². The van der Waals surface area contributed by atoms with Gasteiger partial charge in [-0.15, -0.1) is 0 Å². The molecule has 0 aliphatic carbocycles. The Bertz CT molecular complexity index is 547. The van der Waals surface area contributed by atoms with Crippen LogP contribution >= 0.6 is 11.6 Å². The first-order chi connectivity index (χ1) is 9.95. The molecular weight excluding hydrogens is 300 g/mol. The lowest BCUT2D eigenvalue weighted by atomic mass is 10.1. The van der Waals surface area contributed by atoms with E-state index in [1.54, 1.807) is 0 Å². The van der Waals surface area contributed by atoms with Gasteiger partial charge in [-0.3, -0.25) is 19.8 Å². The molecule has 9 nitrogen and oxygen atoms in total. The summed E-state index contributed by atoms with van der Waals surface area (Å²) in [6, 6.07) is 0.0267. The zero-order chi connectivity index (χ0) is 15.4. The molecule has 3 N–H and O–H groups in total. The average Bonchev–Trinajstić information content (AvgIpc) is 2.40. The molecule has 1 aromatic heterocycles. The van der Waals surface area contributed by atoms with Crippen LogP contribution in [-0.4, -0.2) is 51.4 Å². The lowest BCUT2D eigenvalue weighted by Crippen LogP contribution is -2.43. The van der Waals surface area contributed by atoms with Crippen LogP contribution < -0.4 is 11.1 Å². The van der Waals surface area contributed by atoms with Gasteiger partial charge in [0.2, 0.25) is 17.0 Å². The minimum Gasteiger partial charge on any atom is -0.369 e.